The zero-order chi connectivity index (χ0) is 24.5. The van der Waals surface area contributed by atoms with Crippen molar-refractivity contribution >= 4 is 5.97 Å². The maximum atomic E-state index is 13.4. The number of ether oxygens (including phenoxy) is 3. The molecule has 0 unspecified atom stereocenters. The summed E-state index contributed by atoms with van der Waals surface area (Å²) >= 11 is 0. The van der Waals surface area contributed by atoms with Crippen LogP contribution < -0.4 is 9.47 Å². The predicted molar refractivity (Wildman–Crippen MR) is 133 cm³/mol. The molecule has 0 N–H and O–H groups in total. The fourth-order valence-corrected chi connectivity index (χ4v) is 4.16. The van der Waals surface area contributed by atoms with Gasteiger partial charge in [0.15, 0.2) is 11.5 Å². The monoisotopic (exact) mass is 449 g/mol. The van der Waals surface area contributed by atoms with Crippen LogP contribution in [0, 0.1) is 13.8 Å². The molecule has 5 heteroatoms. The first-order chi connectivity index (χ1) is 15.5. The average molecular weight is 450 g/mol. The quantitative estimate of drug-likeness (QED) is 0.386. The Bertz CT molecular complexity index is 1150. The molecule has 3 rings (SSSR count). The summed E-state index contributed by atoms with van der Waals surface area (Å²) in [4.78, 5) is 13.4. The highest BCUT2D eigenvalue weighted by molar-refractivity contribution is 6.00. The van der Waals surface area contributed by atoms with Crippen molar-refractivity contribution in [3.8, 4) is 28.3 Å². The average Bonchev–Trinajstić information content (AvgIpc) is 3.02. The Morgan fingerprint density at radius 2 is 1.48 bits per heavy atom. The second kappa shape index (κ2) is 9.34. The molecule has 3 aromatic rings. The Hall–Kier alpha value is -3.21. The molecule has 0 fully saturated rings. The van der Waals surface area contributed by atoms with Gasteiger partial charge in [0.05, 0.1) is 19.8 Å². The Balaban J connectivity index is 2.26. The van der Waals surface area contributed by atoms with Crippen LogP contribution in [0.5, 0.6) is 11.5 Å². The molecule has 1 heterocycles. The van der Waals surface area contributed by atoms with Gasteiger partial charge in [-0.05, 0) is 63.8 Å². The molecule has 2 aromatic carbocycles. The fourth-order valence-electron chi connectivity index (χ4n) is 4.16. The van der Waals surface area contributed by atoms with Crippen molar-refractivity contribution in [1.29, 1.82) is 0 Å². The van der Waals surface area contributed by atoms with Crippen LogP contribution in [0.1, 0.15) is 67.8 Å². The van der Waals surface area contributed by atoms with Crippen LogP contribution in [0.25, 0.3) is 16.8 Å². The maximum Gasteiger partial charge on any atom is 0.341 e. The summed E-state index contributed by atoms with van der Waals surface area (Å²) < 4.78 is 18.8. The molecule has 0 radical (unpaired) electrons. The van der Waals surface area contributed by atoms with Gasteiger partial charge in [0.25, 0.3) is 0 Å². The van der Waals surface area contributed by atoms with Gasteiger partial charge in [-0.1, -0.05) is 38.1 Å². The van der Waals surface area contributed by atoms with E-state index in [0.29, 0.717) is 23.0 Å². The van der Waals surface area contributed by atoms with Gasteiger partial charge in [-0.2, -0.15) is 0 Å². The highest BCUT2D eigenvalue weighted by Crippen LogP contribution is 2.38. The van der Waals surface area contributed by atoms with E-state index in [9.17, 15) is 4.79 Å². The summed E-state index contributed by atoms with van der Waals surface area (Å²) in [7, 11) is 3.23. The van der Waals surface area contributed by atoms with Gasteiger partial charge in [0, 0.05) is 28.7 Å². The van der Waals surface area contributed by atoms with Crippen molar-refractivity contribution in [2.75, 3.05) is 14.2 Å². The molecule has 0 amide bonds. The van der Waals surface area contributed by atoms with Gasteiger partial charge < -0.3 is 18.8 Å². The Morgan fingerprint density at radius 3 is 2.00 bits per heavy atom. The third-order valence-corrected chi connectivity index (χ3v) is 5.74. The first-order valence-corrected chi connectivity index (χ1v) is 11.3. The molecule has 0 saturated heterocycles. The van der Waals surface area contributed by atoms with E-state index in [1.165, 1.54) is 5.56 Å². The molecule has 0 bridgehead atoms. The lowest BCUT2D eigenvalue weighted by molar-refractivity contribution is 0.00696. The number of methoxy groups -OCH3 is 2. The van der Waals surface area contributed by atoms with Crippen molar-refractivity contribution in [3.63, 3.8) is 0 Å². The summed E-state index contributed by atoms with van der Waals surface area (Å²) in [5.41, 5.74) is 5.77. The standard InChI is InChI=1S/C28H35NO4/c1-17(2)20-10-12-21(13-11-20)25-18(3)29(19(4)26(25)27(30)33-28(5,6)7)22-14-15-23(31-8)24(16-22)32-9/h10-17H,1-9H3. The molecule has 176 valence electrons. The number of esters is 1. The molecule has 33 heavy (non-hydrogen) atoms. The summed E-state index contributed by atoms with van der Waals surface area (Å²) in [6.07, 6.45) is 0. The van der Waals surface area contributed by atoms with Crippen molar-refractivity contribution in [2.24, 2.45) is 0 Å². The predicted octanol–water partition coefficient (Wildman–Crippen LogP) is 6.86. The van der Waals surface area contributed by atoms with E-state index in [2.05, 4.69) is 42.7 Å². The van der Waals surface area contributed by atoms with E-state index in [0.717, 1.165) is 28.2 Å². The highest BCUT2D eigenvalue weighted by atomic mass is 16.6. The van der Waals surface area contributed by atoms with Crippen LogP contribution in [0.2, 0.25) is 0 Å². The van der Waals surface area contributed by atoms with Crippen LogP contribution in [-0.4, -0.2) is 30.4 Å². The minimum atomic E-state index is -0.596. The molecule has 0 aliphatic heterocycles. The van der Waals surface area contributed by atoms with Crippen LogP contribution in [0.4, 0.5) is 0 Å². The number of hydrogen-bond donors (Lipinski definition) is 0. The Kier molecular flexibility index (Phi) is 6.92. The number of hydrogen-bond acceptors (Lipinski definition) is 4. The summed E-state index contributed by atoms with van der Waals surface area (Å²) in [6, 6.07) is 14.2. The van der Waals surface area contributed by atoms with Crippen molar-refractivity contribution in [2.45, 2.75) is 60.0 Å². The zero-order valence-corrected chi connectivity index (χ0v) is 21.2. The van der Waals surface area contributed by atoms with Crippen molar-refractivity contribution < 1.29 is 19.0 Å². The van der Waals surface area contributed by atoms with E-state index in [-0.39, 0.29) is 5.97 Å². The number of nitrogens with zero attached hydrogens (tertiary/aromatic N) is 1. The molecule has 0 saturated carbocycles. The zero-order valence-electron chi connectivity index (χ0n) is 21.2. The third-order valence-electron chi connectivity index (χ3n) is 5.74. The second-order valence-corrected chi connectivity index (χ2v) is 9.57. The molecular formula is C28H35NO4. The largest absolute Gasteiger partial charge is 0.493 e. The molecule has 0 aliphatic rings. The third kappa shape index (κ3) is 4.92. The Morgan fingerprint density at radius 1 is 0.879 bits per heavy atom. The van der Waals surface area contributed by atoms with Crippen LogP contribution in [-0.2, 0) is 4.74 Å². The first kappa shape index (κ1) is 24.4. The van der Waals surface area contributed by atoms with Gasteiger partial charge >= 0.3 is 5.97 Å². The highest BCUT2D eigenvalue weighted by Gasteiger charge is 2.29. The number of carbonyl (C=O) groups excluding carboxylic acids is 1. The van der Waals surface area contributed by atoms with Gasteiger partial charge in [-0.3, -0.25) is 0 Å². The lowest BCUT2D eigenvalue weighted by atomic mass is 9.96. The lowest BCUT2D eigenvalue weighted by Gasteiger charge is -2.20. The molecule has 0 atom stereocenters. The topological polar surface area (TPSA) is 49.7 Å². The smallest absolute Gasteiger partial charge is 0.341 e. The van der Waals surface area contributed by atoms with Gasteiger partial charge in [0.1, 0.15) is 5.60 Å². The second-order valence-electron chi connectivity index (χ2n) is 9.57. The molecule has 0 spiro atoms. The van der Waals surface area contributed by atoms with E-state index in [1.54, 1.807) is 14.2 Å². The van der Waals surface area contributed by atoms with Crippen LogP contribution in [0.15, 0.2) is 42.5 Å². The summed E-state index contributed by atoms with van der Waals surface area (Å²) in [5.74, 6) is 1.39. The molecule has 0 aliphatic carbocycles. The van der Waals surface area contributed by atoms with E-state index in [1.807, 2.05) is 52.8 Å². The van der Waals surface area contributed by atoms with Crippen LogP contribution in [0.3, 0.4) is 0 Å². The fraction of sp³-hybridized carbons (Fsp3) is 0.393. The van der Waals surface area contributed by atoms with Gasteiger partial charge in [0.2, 0.25) is 0 Å². The van der Waals surface area contributed by atoms with Crippen molar-refractivity contribution in [3.05, 3.63) is 65.0 Å². The minimum absolute atomic E-state index is 0.328. The minimum Gasteiger partial charge on any atom is -0.493 e. The summed E-state index contributed by atoms with van der Waals surface area (Å²) in [6.45, 7) is 14.0. The number of carbonyl (C=O) groups is 1. The molecule has 1 aromatic heterocycles. The normalized spacial score (nSPS) is 11.6. The maximum absolute atomic E-state index is 13.4. The summed E-state index contributed by atoms with van der Waals surface area (Å²) in [5, 5.41) is 0. The van der Waals surface area contributed by atoms with Crippen molar-refractivity contribution in [1.82, 2.24) is 4.57 Å². The van der Waals surface area contributed by atoms with E-state index < -0.39 is 5.60 Å². The first-order valence-electron chi connectivity index (χ1n) is 11.3. The lowest BCUT2D eigenvalue weighted by Crippen LogP contribution is -2.24. The number of benzene rings is 2. The SMILES string of the molecule is COc1ccc(-n2c(C)c(C(=O)OC(C)(C)C)c(-c3ccc(C(C)C)cc3)c2C)cc1OC. The van der Waals surface area contributed by atoms with E-state index in [4.69, 9.17) is 14.2 Å². The van der Waals surface area contributed by atoms with Gasteiger partial charge in [-0.25, -0.2) is 4.79 Å². The number of rotatable bonds is 6. The Labute approximate surface area is 197 Å². The molecular weight excluding hydrogens is 414 g/mol. The number of aromatic nitrogens is 1. The van der Waals surface area contributed by atoms with Crippen LogP contribution >= 0.6 is 0 Å². The van der Waals surface area contributed by atoms with E-state index >= 15 is 0 Å². The van der Waals surface area contributed by atoms with Gasteiger partial charge in [-0.15, -0.1) is 0 Å². The molecule has 5 nitrogen and oxygen atoms in total.